The SMILES string of the molecule is C[C@@H](C1=CC=CC1P(C1CCCCC1)C1CCCCC1)P(c1ccccc1)c1ccccc1. The standard InChI is InChI=1S/C31H40P2/c1-25(32(26-15-6-2-7-16-26)27-17-8-3-9-18-27)30-23-14-24-31(30)33(28-19-10-4-11-20-28)29-21-12-5-13-22-29/h2-3,6-9,14-18,23-25,28-29,31H,4-5,10-13,19-22H2,1H3/t25-,31?/m0/s1. The van der Waals surface area contributed by atoms with Gasteiger partial charge in [-0.15, -0.1) is 0 Å². The van der Waals surface area contributed by atoms with Crippen LogP contribution in [0, 0.1) is 0 Å². The minimum Gasteiger partial charge on any atom is -0.0890 e. The highest BCUT2D eigenvalue weighted by Gasteiger charge is 2.40. The molecule has 3 aliphatic carbocycles. The van der Waals surface area contributed by atoms with E-state index >= 15 is 0 Å². The lowest BCUT2D eigenvalue weighted by Gasteiger charge is -2.44. The first-order valence-corrected chi connectivity index (χ1v) is 16.3. The second kappa shape index (κ2) is 11.5. The Morgan fingerprint density at radius 3 is 1.64 bits per heavy atom. The Morgan fingerprint density at radius 1 is 0.667 bits per heavy atom. The Balaban J connectivity index is 1.47. The minimum atomic E-state index is -0.407. The number of hydrogen-bond acceptors (Lipinski definition) is 0. The smallest absolute Gasteiger partial charge is 0.0197 e. The summed E-state index contributed by atoms with van der Waals surface area (Å²) in [5.41, 5.74) is 5.07. The third-order valence-corrected chi connectivity index (χ3v) is 14.8. The molecule has 33 heavy (non-hydrogen) atoms. The van der Waals surface area contributed by atoms with Crippen LogP contribution in [0.1, 0.15) is 71.1 Å². The van der Waals surface area contributed by atoms with Crippen LogP contribution < -0.4 is 10.6 Å². The van der Waals surface area contributed by atoms with Crippen LogP contribution in [0.2, 0.25) is 0 Å². The van der Waals surface area contributed by atoms with Gasteiger partial charge in [0.25, 0.3) is 0 Å². The van der Waals surface area contributed by atoms with E-state index in [1.165, 1.54) is 74.8 Å². The summed E-state index contributed by atoms with van der Waals surface area (Å²) < 4.78 is 0. The molecule has 0 heterocycles. The topological polar surface area (TPSA) is 0 Å². The van der Waals surface area contributed by atoms with Gasteiger partial charge in [0.15, 0.2) is 0 Å². The highest BCUT2D eigenvalue weighted by Crippen LogP contribution is 2.63. The average Bonchev–Trinajstić information content (AvgIpc) is 3.36. The quantitative estimate of drug-likeness (QED) is 0.353. The van der Waals surface area contributed by atoms with Crippen LogP contribution in [0.3, 0.4) is 0 Å². The number of rotatable bonds is 7. The molecule has 0 spiro atoms. The molecule has 0 saturated heterocycles. The van der Waals surface area contributed by atoms with Gasteiger partial charge in [-0.05, 0) is 55.5 Å². The molecule has 1 unspecified atom stereocenters. The van der Waals surface area contributed by atoms with Crippen molar-refractivity contribution in [2.75, 3.05) is 0 Å². The fraction of sp³-hybridized carbons (Fsp3) is 0.484. The van der Waals surface area contributed by atoms with Crippen LogP contribution in [-0.4, -0.2) is 22.6 Å². The summed E-state index contributed by atoms with van der Waals surface area (Å²) in [6, 6.07) is 22.7. The van der Waals surface area contributed by atoms with Gasteiger partial charge in [-0.1, -0.05) is 138 Å². The van der Waals surface area contributed by atoms with Crippen molar-refractivity contribution >= 4 is 26.5 Å². The molecular formula is C31H40P2. The summed E-state index contributed by atoms with van der Waals surface area (Å²) >= 11 is 0. The molecule has 0 bridgehead atoms. The van der Waals surface area contributed by atoms with Crippen molar-refractivity contribution < 1.29 is 0 Å². The summed E-state index contributed by atoms with van der Waals surface area (Å²) in [7, 11) is -0.384. The lowest BCUT2D eigenvalue weighted by Crippen LogP contribution is -2.30. The van der Waals surface area contributed by atoms with E-state index in [0.29, 0.717) is 5.66 Å². The predicted octanol–water partition coefficient (Wildman–Crippen LogP) is 8.52. The summed E-state index contributed by atoms with van der Waals surface area (Å²) in [4.78, 5) is 0. The van der Waals surface area contributed by atoms with Crippen LogP contribution in [0.25, 0.3) is 0 Å². The van der Waals surface area contributed by atoms with Gasteiger partial charge in [0.1, 0.15) is 0 Å². The van der Waals surface area contributed by atoms with Crippen molar-refractivity contribution in [1.29, 1.82) is 0 Å². The van der Waals surface area contributed by atoms with Gasteiger partial charge >= 0.3 is 0 Å². The molecule has 3 aliphatic rings. The lowest BCUT2D eigenvalue weighted by atomic mass is 9.99. The highest BCUT2D eigenvalue weighted by atomic mass is 31.1. The average molecular weight is 475 g/mol. The van der Waals surface area contributed by atoms with Crippen LogP contribution >= 0.6 is 15.8 Å². The molecule has 2 fully saturated rings. The van der Waals surface area contributed by atoms with E-state index < -0.39 is 7.92 Å². The van der Waals surface area contributed by atoms with Crippen LogP contribution in [-0.2, 0) is 0 Å². The van der Waals surface area contributed by atoms with Gasteiger partial charge in [-0.2, -0.15) is 0 Å². The van der Waals surface area contributed by atoms with E-state index in [1.54, 1.807) is 5.57 Å². The Kier molecular flexibility index (Phi) is 8.18. The molecule has 0 N–H and O–H groups in total. The first-order valence-electron chi connectivity index (χ1n) is 13.4. The lowest BCUT2D eigenvalue weighted by molar-refractivity contribution is 0.483. The maximum Gasteiger partial charge on any atom is 0.0197 e. The molecule has 2 saturated carbocycles. The molecule has 2 atom stereocenters. The molecule has 2 aromatic carbocycles. The molecule has 0 aliphatic heterocycles. The molecule has 0 nitrogen and oxygen atoms in total. The first kappa shape index (κ1) is 23.5. The zero-order valence-corrected chi connectivity index (χ0v) is 22.1. The highest BCUT2D eigenvalue weighted by molar-refractivity contribution is 7.74. The molecule has 174 valence electrons. The Labute approximate surface area is 204 Å². The molecule has 0 radical (unpaired) electrons. The van der Waals surface area contributed by atoms with Crippen molar-refractivity contribution in [3.05, 3.63) is 84.5 Å². The third kappa shape index (κ3) is 5.39. The van der Waals surface area contributed by atoms with E-state index in [-0.39, 0.29) is 7.92 Å². The van der Waals surface area contributed by atoms with Crippen molar-refractivity contribution in [3.8, 4) is 0 Å². The van der Waals surface area contributed by atoms with Crippen molar-refractivity contribution in [2.24, 2.45) is 0 Å². The van der Waals surface area contributed by atoms with E-state index in [9.17, 15) is 0 Å². The predicted molar refractivity (Wildman–Crippen MR) is 150 cm³/mol. The van der Waals surface area contributed by atoms with Gasteiger partial charge in [0, 0.05) is 11.3 Å². The van der Waals surface area contributed by atoms with Crippen molar-refractivity contribution in [3.63, 3.8) is 0 Å². The first-order chi connectivity index (χ1) is 16.3. The Morgan fingerprint density at radius 2 is 1.15 bits per heavy atom. The number of allylic oxidation sites excluding steroid dienone is 4. The third-order valence-electron chi connectivity index (χ3n) is 8.18. The Bertz CT molecular complexity index is 862. The van der Waals surface area contributed by atoms with Crippen molar-refractivity contribution in [2.45, 2.75) is 93.8 Å². The van der Waals surface area contributed by atoms with Gasteiger partial charge in [0.2, 0.25) is 0 Å². The van der Waals surface area contributed by atoms with Crippen molar-refractivity contribution in [1.82, 2.24) is 0 Å². The van der Waals surface area contributed by atoms with Crippen LogP contribution in [0.5, 0.6) is 0 Å². The maximum absolute atomic E-state index is 2.64. The normalized spacial score (nSPS) is 23.2. The van der Waals surface area contributed by atoms with Gasteiger partial charge in [-0.3, -0.25) is 0 Å². The van der Waals surface area contributed by atoms with Crippen LogP contribution in [0.15, 0.2) is 84.5 Å². The molecule has 2 heteroatoms. The van der Waals surface area contributed by atoms with Gasteiger partial charge in [-0.25, -0.2) is 0 Å². The molecule has 0 amide bonds. The maximum atomic E-state index is 2.64. The van der Waals surface area contributed by atoms with E-state index in [1.807, 2.05) is 0 Å². The monoisotopic (exact) mass is 474 g/mol. The number of hydrogen-bond donors (Lipinski definition) is 0. The zero-order valence-electron chi connectivity index (χ0n) is 20.3. The largest absolute Gasteiger partial charge is 0.0890 e. The van der Waals surface area contributed by atoms with E-state index in [4.69, 9.17) is 0 Å². The zero-order chi connectivity index (χ0) is 22.5. The summed E-state index contributed by atoms with van der Waals surface area (Å²) in [5, 5.41) is 3.05. The fourth-order valence-corrected chi connectivity index (χ4v) is 13.8. The fourth-order valence-electron chi connectivity index (χ4n) is 6.57. The second-order valence-electron chi connectivity index (χ2n) is 10.2. The molecule has 5 rings (SSSR count). The van der Waals surface area contributed by atoms with E-state index in [2.05, 4.69) is 85.8 Å². The van der Waals surface area contributed by atoms with Gasteiger partial charge in [0.05, 0.1) is 0 Å². The summed E-state index contributed by atoms with van der Waals surface area (Å²) in [6.45, 7) is 2.55. The molecule has 2 aromatic rings. The summed E-state index contributed by atoms with van der Waals surface area (Å²) in [6.07, 6.45) is 22.5. The second-order valence-corrected chi connectivity index (χ2v) is 15.7. The van der Waals surface area contributed by atoms with Gasteiger partial charge < -0.3 is 0 Å². The molecule has 0 aromatic heterocycles. The Hall–Kier alpha value is -1.22. The van der Waals surface area contributed by atoms with Crippen LogP contribution in [0.4, 0.5) is 0 Å². The minimum absolute atomic E-state index is 0.0228. The number of benzene rings is 2. The summed E-state index contributed by atoms with van der Waals surface area (Å²) in [5.74, 6) is 0. The van der Waals surface area contributed by atoms with E-state index in [0.717, 1.165) is 17.0 Å². The molecular weight excluding hydrogens is 434 g/mol.